The van der Waals surface area contributed by atoms with E-state index in [9.17, 15) is 5.11 Å². The van der Waals surface area contributed by atoms with E-state index in [1.165, 1.54) is 0 Å². The number of thioether (sulfide) groups is 1. The molecule has 3 rings (SSSR count). The maximum atomic E-state index is 9.41. The van der Waals surface area contributed by atoms with Crippen LogP contribution in [0.4, 0.5) is 0 Å². The number of nitrogens with zero attached hydrogens (tertiary/aromatic N) is 2. The molecule has 1 fully saturated rings. The maximum Gasteiger partial charge on any atom is 0.140 e. The van der Waals surface area contributed by atoms with E-state index >= 15 is 0 Å². The fourth-order valence-corrected chi connectivity index (χ4v) is 4.21. The Hall–Kier alpha value is -1.01. The van der Waals surface area contributed by atoms with Gasteiger partial charge in [-0.1, -0.05) is 23.7 Å². The number of hydrogen-bond acceptors (Lipinski definition) is 4. The van der Waals surface area contributed by atoms with E-state index in [2.05, 4.69) is 4.98 Å². The second-order valence-corrected chi connectivity index (χ2v) is 7.17. The van der Waals surface area contributed by atoms with Gasteiger partial charge in [0.05, 0.1) is 12.7 Å². The summed E-state index contributed by atoms with van der Waals surface area (Å²) >= 11 is 7.74. The zero-order valence-electron chi connectivity index (χ0n) is 12.4. The highest BCUT2D eigenvalue weighted by Crippen LogP contribution is 2.48. The lowest BCUT2D eigenvalue weighted by Gasteiger charge is -2.29. The van der Waals surface area contributed by atoms with Crippen LogP contribution in [0.3, 0.4) is 0 Å². The first-order valence-electron chi connectivity index (χ1n) is 7.28. The molecular weight excluding hydrogens is 320 g/mol. The van der Waals surface area contributed by atoms with Gasteiger partial charge in [-0.05, 0) is 24.1 Å². The Morgan fingerprint density at radius 2 is 2.23 bits per heavy atom. The predicted molar refractivity (Wildman–Crippen MR) is 89.1 cm³/mol. The molecule has 2 aromatic rings. The third-order valence-electron chi connectivity index (χ3n) is 3.95. The van der Waals surface area contributed by atoms with Crippen LogP contribution in [0.5, 0.6) is 0 Å². The molecule has 0 amide bonds. The van der Waals surface area contributed by atoms with Crippen LogP contribution in [0.15, 0.2) is 36.7 Å². The van der Waals surface area contributed by atoms with Crippen LogP contribution < -0.4 is 0 Å². The van der Waals surface area contributed by atoms with Crippen LogP contribution in [0.1, 0.15) is 17.8 Å². The highest BCUT2D eigenvalue weighted by Gasteiger charge is 2.42. The van der Waals surface area contributed by atoms with Crippen molar-refractivity contribution in [2.45, 2.75) is 23.9 Å². The van der Waals surface area contributed by atoms with Crippen LogP contribution >= 0.6 is 23.4 Å². The number of hydrogen-bond donors (Lipinski definition) is 1. The van der Waals surface area contributed by atoms with Crippen molar-refractivity contribution in [2.24, 2.45) is 7.05 Å². The number of halogens is 1. The number of benzene rings is 1. The molecule has 22 heavy (non-hydrogen) atoms. The van der Waals surface area contributed by atoms with E-state index in [-0.39, 0.29) is 12.7 Å². The SMILES string of the molecule is Cn1ccnc1CCC1(c2ccc(Cl)cc2)OC(CO)CS1. The minimum Gasteiger partial charge on any atom is -0.394 e. The average Bonchev–Trinajstić information content (AvgIpc) is 3.13. The second kappa shape index (κ2) is 6.62. The predicted octanol–water partition coefficient (Wildman–Crippen LogP) is 2.98. The molecule has 118 valence electrons. The third-order valence-corrected chi connectivity index (χ3v) is 5.74. The lowest BCUT2D eigenvalue weighted by molar-refractivity contribution is -0.0388. The maximum absolute atomic E-state index is 9.41. The Kier molecular flexibility index (Phi) is 4.78. The zero-order valence-corrected chi connectivity index (χ0v) is 14.0. The van der Waals surface area contributed by atoms with Gasteiger partial charge in [0.2, 0.25) is 0 Å². The van der Waals surface area contributed by atoms with E-state index in [0.29, 0.717) is 5.02 Å². The molecule has 1 aliphatic heterocycles. The second-order valence-electron chi connectivity index (χ2n) is 5.45. The van der Waals surface area contributed by atoms with Crippen LogP contribution in [-0.4, -0.2) is 33.1 Å². The summed E-state index contributed by atoms with van der Waals surface area (Å²) in [4.78, 5) is 3.94. The van der Waals surface area contributed by atoms with E-state index in [1.54, 1.807) is 11.8 Å². The fraction of sp³-hybridized carbons (Fsp3) is 0.438. The summed E-state index contributed by atoms with van der Waals surface area (Å²) in [6.45, 7) is 0.0464. The van der Waals surface area contributed by atoms with Crippen molar-refractivity contribution in [3.05, 3.63) is 53.1 Å². The largest absolute Gasteiger partial charge is 0.394 e. The fourth-order valence-electron chi connectivity index (χ4n) is 2.70. The molecule has 1 aromatic carbocycles. The number of imidazole rings is 1. The summed E-state index contributed by atoms with van der Waals surface area (Å²) in [7, 11) is 2.00. The summed E-state index contributed by atoms with van der Waals surface area (Å²) in [6, 6.07) is 7.78. The molecule has 4 nitrogen and oxygen atoms in total. The lowest BCUT2D eigenvalue weighted by Crippen LogP contribution is -2.27. The summed E-state index contributed by atoms with van der Waals surface area (Å²) in [5, 5.41) is 10.1. The smallest absolute Gasteiger partial charge is 0.140 e. The van der Waals surface area contributed by atoms with Crippen molar-refractivity contribution in [3.63, 3.8) is 0 Å². The summed E-state index contributed by atoms with van der Waals surface area (Å²) in [6.07, 6.45) is 5.26. The van der Waals surface area contributed by atoms with Gasteiger partial charge < -0.3 is 14.4 Å². The number of aromatic nitrogens is 2. The van der Waals surface area contributed by atoms with Crippen molar-refractivity contribution in [2.75, 3.05) is 12.4 Å². The summed E-state index contributed by atoms with van der Waals surface area (Å²) in [5.74, 6) is 1.82. The first kappa shape index (κ1) is 15.9. The number of aryl methyl sites for hydroxylation is 2. The molecule has 1 N–H and O–H groups in total. The van der Waals surface area contributed by atoms with E-state index in [0.717, 1.165) is 30.0 Å². The highest BCUT2D eigenvalue weighted by atomic mass is 35.5. The van der Waals surface area contributed by atoms with Gasteiger partial charge in [0.15, 0.2) is 0 Å². The molecule has 2 unspecified atom stereocenters. The van der Waals surface area contributed by atoms with Gasteiger partial charge in [-0.25, -0.2) is 4.98 Å². The van der Waals surface area contributed by atoms with Gasteiger partial charge in [0, 0.05) is 36.6 Å². The minimum absolute atomic E-state index is 0.0464. The van der Waals surface area contributed by atoms with Crippen LogP contribution in [0.2, 0.25) is 5.02 Å². The number of aliphatic hydroxyl groups is 1. The average molecular weight is 339 g/mol. The molecule has 1 saturated heterocycles. The van der Waals surface area contributed by atoms with Crippen molar-refractivity contribution in [1.29, 1.82) is 0 Å². The van der Waals surface area contributed by atoms with Gasteiger partial charge in [0.1, 0.15) is 10.8 Å². The van der Waals surface area contributed by atoms with Crippen molar-refractivity contribution >= 4 is 23.4 Å². The van der Waals surface area contributed by atoms with Crippen molar-refractivity contribution in [1.82, 2.24) is 9.55 Å². The first-order valence-corrected chi connectivity index (χ1v) is 8.64. The normalized spacial score (nSPS) is 24.8. The minimum atomic E-state index is -0.441. The van der Waals surface area contributed by atoms with Crippen molar-refractivity contribution < 1.29 is 9.84 Å². The quantitative estimate of drug-likeness (QED) is 0.910. The first-order chi connectivity index (χ1) is 10.6. The summed E-state index contributed by atoms with van der Waals surface area (Å²) in [5.41, 5.74) is 1.09. The molecule has 0 aliphatic carbocycles. The topological polar surface area (TPSA) is 47.3 Å². The Morgan fingerprint density at radius 1 is 1.45 bits per heavy atom. The standard InChI is InChI=1S/C16H19ClN2O2S/c1-19-9-8-18-15(19)6-7-16(21-14(10-20)11-22-16)12-2-4-13(17)5-3-12/h2-5,8-9,14,20H,6-7,10-11H2,1H3. The van der Waals surface area contributed by atoms with E-state index in [4.69, 9.17) is 16.3 Å². The Morgan fingerprint density at radius 3 is 2.82 bits per heavy atom. The lowest BCUT2D eigenvalue weighted by atomic mass is 10.0. The van der Waals surface area contributed by atoms with E-state index < -0.39 is 4.93 Å². The molecule has 1 aliphatic rings. The number of ether oxygens (including phenoxy) is 1. The Labute approximate surface area is 139 Å². The third kappa shape index (κ3) is 3.18. The van der Waals surface area contributed by atoms with Crippen LogP contribution in [-0.2, 0) is 23.1 Å². The van der Waals surface area contributed by atoms with Gasteiger partial charge in [-0.2, -0.15) is 0 Å². The molecular formula is C16H19ClN2O2S. The Bertz CT molecular complexity index is 631. The van der Waals surface area contributed by atoms with Crippen LogP contribution in [0, 0.1) is 0 Å². The molecule has 0 radical (unpaired) electrons. The van der Waals surface area contributed by atoms with Gasteiger partial charge in [-0.15, -0.1) is 11.8 Å². The van der Waals surface area contributed by atoms with Gasteiger partial charge in [0.25, 0.3) is 0 Å². The Balaban J connectivity index is 1.84. The van der Waals surface area contributed by atoms with E-state index in [1.807, 2.05) is 48.3 Å². The van der Waals surface area contributed by atoms with Gasteiger partial charge in [-0.3, -0.25) is 0 Å². The molecule has 2 heterocycles. The number of rotatable bonds is 5. The van der Waals surface area contributed by atoms with Crippen molar-refractivity contribution in [3.8, 4) is 0 Å². The molecule has 0 bridgehead atoms. The molecule has 0 spiro atoms. The van der Waals surface area contributed by atoms with Crippen LogP contribution in [0.25, 0.3) is 0 Å². The number of aliphatic hydroxyl groups excluding tert-OH is 1. The molecule has 1 aromatic heterocycles. The zero-order chi connectivity index (χ0) is 15.6. The molecule has 0 saturated carbocycles. The highest BCUT2D eigenvalue weighted by molar-refractivity contribution is 8.00. The monoisotopic (exact) mass is 338 g/mol. The molecule has 2 atom stereocenters. The molecule has 6 heteroatoms. The summed E-state index contributed by atoms with van der Waals surface area (Å²) < 4.78 is 8.22. The van der Waals surface area contributed by atoms with Gasteiger partial charge >= 0.3 is 0 Å².